The minimum Gasteiger partial charge on any atom is -0.508 e. The average molecular weight is 1020 g/mol. The van der Waals surface area contributed by atoms with Crippen molar-refractivity contribution < 1.29 is 57.3 Å². The minimum absolute atomic E-state index is 0.0553. The van der Waals surface area contributed by atoms with Crippen molar-refractivity contribution in [2.75, 3.05) is 36.8 Å². The monoisotopic (exact) mass is 1020 g/mol. The van der Waals surface area contributed by atoms with Crippen LogP contribution in [0.1, 0.15) is 11.1 Å². The van der Waals surface area contributed by atoms with Crippen molar-refractivity contribution in [2.24, 2.45) is 0 Å². The van der Waals surface area contributed by atoms with Crippen LogP contribution in [0.3, 0.4) is 0 Å². The topological polar surface area (TPSA) is 144 Å². The van der Waals surface area contributed by atoms with Crippen molar-refractivity contribution in [3.8, 4) is 46.0 Å². The molecule has 1 N–H and O–H groups in total. The van der Waals surface area contributed by atoms with E-state index in [1.54, 1.807) is 66.7 Å². The molecule has 0 saturated carbocycles. The number of ether oxygens (including phenoxy) is 9. The van der Waals surface area contributed by atoms with Gasteiger partial charge in [-0.25, -0.2) is 9.59 Å². The molecule has 0 aliphatic carbocycles. The summed E-state index contributed by atoms with van der Waals surface area (Å²) in [6.45, 7) is 11.5. The van der Waals surface area contributed by atoms with Gasteiger partial charge in [-0.3, -0.25) is 0 Å². The molecule has 8 aromatic carbocycles. The molecule has 384 valence electrons. The lowest BCUT2D eigenvalue weighted by Gasteiger charge is -2.26. The molecule has 76 heavy (non-hydrogen) atoms. The van der Waals surface area contributed by atoms with Crippen molar-refractivity contribution >= 4 is 46.1 Å². The number of rotatable bonds is 27. The molecule has 0 aliphatic heterocycles. The number of carbonyl (C=O) groups excluding carboxylic acids is 2. The fourth-order valence-electron chi connectivity index (χ4n) is 7.41. The number of phenolic OH excluding ortho intramolecular Hbond substituents is 1. The van der Waals surface area contributed by atoms with E-state index in [1.165, 1.54) is 0 Å². The van der Waals surface area contributed by atoms with Crippen molar-refractivity contribution in [2.45, 2.75) is 13.2 Å². The highest BCUT2D eigenvalue weighted by atomic mass is 16.8. The summed E-state index contributed by atoms with van der Waals surface area (Å²) in [7, 11) is 0. The first kappa shape index (κ1) is 52.6. The van der Waals surface area contributed by atoms with Gasteiger partial charge in [0, 0.05) is 46.3 Å². The van der Waals surface area contributed by atoms with Crippen LogP contribution < -0.4 is 43.0 Å². The molecule has 0 amide bonds. The molecule has 0 heterocycles. The second kappa shape index (κ2) is 26.8. The van der Waals surface area contributed by atoms with Gasteiger partial charge >= 0.3 is 11.9 Å². The number of aromatic hydroxyl groups is 1. The van der Waals surface area contributed by atoms with Gasteiger partial charge in [0.05, 0.1) is 0 Å². The van der Waals surface area contributed by atoms with Crippen LogP contribution in [0.15, 0.2) is 232 Å². The summed E-state index contributed by atoms with van der Waals surface area (Å²) in [5.74, 6) is 3.09. The summed E-state index contributed by atoms with van der Waals surface area (Å²) in [5, 5.41) is 9.59. The predicted octanol–water partition coefficient (Wildman–Crippen LogP) is 13.6. The van der Waals surface area contributed by atoms with Gasteiger partial charge in [-0.2, -0.15) is 0 Å². The molecule has 0 radical (unpaired) electrons. The maximum absolute atomic E-state index is 11.8. The summed E-state index contributed by atoms with van der Waals surface area (Å²) in [6.07, 6.45) is 3.93. The molecule has 0 aromatic heterocycles. The van der Waals surface area contributed by atoms with Crippen molar-refractivity contribution in [1.29, 1.82) is 0 Å². The van der Waals surface area contributed by atoms with E-state index in [4.69, 9.17) is 42.6 Å². The van der Waals surface area contributed by atoms with E-state index in [-0.39, 0.29) is 26.1 Å². The SMILES string of the molecule is C=CCOc1ccc(N(c2ccc(COc3ccc(OC(=O)C=C)cc3)cc2)c2ccc(OCOCOCOc3ccc(N(c4ccc(COc5ccc(O)cc5)cc4)c4ccc(OC(=O)C=C)cc4)cc3)cc2)cc1. The molecule has 8 aromatic rings. The number of nitrogens with zero attached hydrogens (tertiary/aromatic N) is 2. The first-order chi connectivity index (χ1) is 37.2. The Labute approximate surface area is 441 Å². The fraction of sp³-hybridized carbons (Fsp3) is 0.0968. The summed E-state index contributed by atoms with van der Waals surface area (Å²) in [5.41, 5.74) is 7.17. The average Bonchev–Trinajstić information content (AvgIpc) is 3.46. The van der Waals surface area contributed by atoms with Crippen molar-refractivity contribution in [3.05, 3.63) is 243 Å². The highest BCUT2D eigenvalue weighted by Crippen LogP contribution is 2.38. The Hall–Kier alpha value is -9.76. The molecule has 0 aliphatic rings. The van der Waals surface area contributed by atoms with E-state index in [0.717, 1.165) is 63.2 Å². The third-order valence-electron chi connectivity index (χ3n) is 11.2. The lowest BCUT2D eigenvalue weighted by atomic mass is 10.1. The van der Waals surface area contributed by atoms with Gasteiger partial charge in [0.2, 0.25) is 0 Å². The van der Waals surface area contributed by atoms with Gasteiger partial charge in [-0.1, -0.05) is 50.1 Å². The smallest absolute Gasteiger partial charge is 0.335 e. The summed E-state index contributed by atoms with van der Waals surface area (Å²) in [4.78, 5) is 27.5. The minimum atomic E-state index is -0.545. The number of benzene rings is 8. The number of carbonyl (C=O) groups is 2. The van der Waals surface area contributed by atoms with Crippen LogP contribution >= 0.6 is 0 Å². The zero-order valence-corrected chi connectivity index (χ0v) is 41.4. The second-order valence-electron chi connectivity index (χ2n) is 16.4. The Balaban J connectivity index is 0.831. The maximum atomic E-state index is 11.8. The van der Waals surface area contributed by atoms with E-state index >= 15 is 0 Å². The van der Waals surface area contributed by atoms with E-state index in [0.29, 0.717) is 54.3 Å². The molecule has 0 saturated heterocycles. The number of anilines is 6. The molecular formula is C62H54N2O12. The van der Waals surface area contributed by atoms with Crippen LogP contribution in [0.4, 0.5) is 34.1 Å². The molecule has 14 heteroatoms. The van der Waals surface area contributed by atoms with Gasteiger partial charge < -0.3 is 57.5 Å². The van der Waals surface area contributed by atoms with E-state index < -0.39 is 11.9 Å². The molecule has 0 spiro atoms. The lowest BCUT2D eigenvalue weighted by molar-refractivity contribution is -0.130. The number of hydrogen-bond donors (Lipinski definition) is 1. The third-order valence-corrected chi connectivity index (χ3v) is 11.2. The van der Waals surface area contributed by atoms with Crippen LogP contribution in [-0.2, 0) is 32.3 Å². The largest absolute Gasteiger partial charge is 0.508 e. The second-order valence-corrected chi connectivity index (χ2v) is 16.4. The standard InChI is InChI=1S/C62H54N2O12/c1-4-39-70-54-25-15-49(16-26-54)63(47-11-9-46(10-12-47)41-72-56-35-37-60(38-36-56)76-62(67)6-3)50-17-27-57(28-18-50)73-43-68-42-69-44-74-58-29-19-51(20-30-58)64(52-21-31-59(32-22-52)75-61(66)5-2)48-13-7-45(8-14-48)40-71-55-33-23-53(65)24-34-55/h4-38,65H,1-3,39-44H2. The normalized spacial score (nSPS) is 10.6. The first-order valence-corrected chi connectivity index (χ1v) is 23.9. The van der Waals surface area contributed by atoms with Crippen LogP contribution in [0.25, 0.3) is 0 Å². The van der Waals surface area contributed by atoms with Crippen molar-refractivity contribution in [1.82, 2.24) is 0 Å². The van der Waals surface area contributed by atoms with E-state index in [1.807, 2.05) is 133 Å². The summed E-state index contributed by atoms with van der Waals surface area (Å²) >= 11 is 0. The Kier molecular flexibility index (Phi) is 18.5. The fourth-order valence-corrected chi connectivity index (χ4v) is 7.41. The molecular weight excluding hydrogens is 965 g/mol. The lowest BCUT2D eigenvalue weighted by Crippen LogP contribution is -2.12. The Morgan fingerprint density at radius 2 is 0.658 bits per heavy atom. The number of esters is 2. The maximum Gasteiger partial charge on any atom is 0.335 e. The van der Waals surface area contributed by atoms with E-state index in [2.05, 4.69) is 29.5 Å². The zero-order chi connectivity index (χ0) is 52.9. The van der Waals surface area contributed by atoms with Gasteiger partial charge in [0.1, 0.15) is 65.8 Å². The van der Waals surface area contributed by atoms with Crippen LogP contribution in [0.5, 0.6) is 46.0 Å². The van der Waals surface area contributed by atoms with Gasteiger partial charge in [-0.15, -0.1) is 0 Å². The quantitative estimate of drug-likeness (QED) is 0.0130. The predicted molar refractivity (Wildman–Crippen MR) is 291 cm³/mol. The van der Waals surface area contributed by atoms with Crippen molar-refractivity contribution in [3.63, 3.8) is 0 Å². The first-order valence-electron chi connectivity index (χ1n) is 23.9. The van der Waals surface area contributed by atoms with Crippen LogP contribution in [0, 0.1) is 0 Å². The Morgan fingerprint density at radius 3 is 1.01 bits per heavy atom. The van der Waals surface area contributed by atoms with Gasteiger partial charge in [0.15, 0.2) is 20.4 Å². The molecule has 0 fully saturated rings. The molecule has 0 unspecified atom stereocenters. The summed E-state index contributed by atoms with van der Waals surface area (Å²) in [6, 6.07) is 59.6. The molecule has 14 nitrogen and oxygen atoms in total. The van der Waals surface area contributed by atoms with E-state index in [9.17, 15) is 14.7 Å². The number of phenols is 1. The van der Waals surface area contributed by atoms with Gasteiger partial charge in [0.25, 0.3) is 0 Å². The molecule has 0 atom stereocenters. The molecule has 0 bridgehead atoms. The Morgan fingerprint density at radius 1 is 0.368 bits per heavy atom. The van der Waals surface area contributed by atoms with Crippen LogP contribution in [-0.4, -0.2) is 44.0 Å². The highest BCUT2D eigenvalue weighted by molar-refractivity contribution is 5.84. The zero-order valence-electron chi connectivity index (χ0n) is 41.4. The van der Waals surface area contributed by atoms with Gasteiger partial charge in [-0.05, 0) is 181 Å². The summed E-state index contributed by atoms with van der Waals surface area (Å²) < 4.78 is 51.1. The van der Waals surface area contributed by atoms with Crippen LogP contribution in [0.2, 0.25) is 0 Å². The Bertz CT molecular complexity index is 3130. The molecule has 8 rings (SSSR count). The number of hydrogen-bond acceptors (Lipinski definition) is 14. The third kappa shape index (κ3) is 15.1. The highest BCUT2D eigenvalue weighted by Gasteiger charge is 2.16.